The van der Waals surface area contributed by atoms with Crippen LogP contribution in [0.2, 0.25) is 0 Å². The van der Waals surface area contributed by atoms with Crippen molar-refractivity contribution in [3.8, 4) is 16.9 Å². The van der Waals surface area contributed by atoms with Crippen molar-refractivity contribution in [1.29, 1.82) is 0 Å². The zero-order chi connectivity index (χ0) is 16.7. The molecule has 0 bridgehead atoms. The third-order valence-electron chi connectivity index (χ3n) is 5.25. The van der Waals surface area contributed by atoms with Gasteiger partial charge in [-0.3, -0.25) is 4.79 Å². The molecule has 4 nitrogen and oxygen atoms in total. The van der Waals surface area contributed by atoms with Crippen LogP contribution in [0, 0.1) is 5.92 Å². The van der Waals surface area contributed by atoms with Gasteiger partial charge in [0, 0.05) is 31.1 Å². The van der Waals surface area contributed by atoms with E-state index in [0.717, 1.165) is 42.1 Å². The minimum Gasteiger partial charge on any atom is -0.497 e. The Morgan fingerprint density at radius 2 is 1.96 bits per heavy atom. The number of carbonyl (C=O) groups excluding carboxylic acids is 1. The maximum Gasteiger partial charge on any atom is 0.251 e. The number of nitrogens with one attached hydrogen (secondary N) is 1. The molecule has 24 heavy (non-hydrogen) atoms. The second-order valence-corrected chi connectivity index (χ2v) is 6.83. The molecule has 2 aromatic rings. The van der Waals surface area contributed by atoms with E-state index in [1.807, 2.05) is 30.3 Å². The highest BCUT2D eigenvalue weighted by atomic mass is 16.5. The van der Waals surface area contributed by atoms with Crippen LogP contribution in [0.3, 0.4) is 0 Å². The molecule has 0 aromatic heterocycles. The van der Waals surface area contributed by atoms with E-state index in [4.69, 9.17) is 4.74 Å². The van der Waals surface area contributed by atoms with Gasteiger partial charge in [0.2, 0.25) is 0 Å². The molecule has 0 spiro atoms. The number of benzene rings is 2. The monoisotopic (exact) mass is 322 g/mol. The van der Waals surface area contributed by atoms with E-state index < -0.39 is 0 Å². The lowest BCUT2D eigenvalue weighted by molar-refractivity contribution is 0.0951. The Kier molecular flexibility index (Phi) is 3.77. The third-order valence-corrected chi connectivity index (χ3v) is 5.25. The van der Waals surface area contributed by atoms with Crippen LogP contribution in [0.4, 0.5) is 0 Å². The largest absolute Gasteiger partial charge is 0.497 e. The van der Waals surface area contributed by atoms with Crippen LogP contribution in [-0.2, 0) is 0 Å². The minimum absolute atomic E-state index is 0.0480. The van der Waals surface area contributed by atoms with E-state index in [-0.39, 0.29) is 5.91 Å². The first kappa shape index (κ1) is 15.2. The number of hydrogen-bond donors (Lipinski definition) is 1. The highest BCUT2D eigenvalue weighted by Crippen LogP contribution is 2.37. The molecule has 0 saturated carbocycles. The van der Waals surface area contributed by atoms with Gasteiger partial charge < -0.3 is 15.0 Å². The van der Waals surface area contributed by atoms with E-state index in [2.05, 4.69) is 29.4 Å². The molecule has 4 rings (SSSR count). The van der Waals surface area contributed by atoms with Crippen LogP contribution < -0.4 is 10.1 Å². The molecule has 2 aromatic carbocycles. The van der Waals surface area contributed by atoms with Crippen LogP contribution in [-0.4, -0.2) is 44.6 Å². The SMILES string of the molecule is COc1cccc(-c2ccc3c(c2)C(=O)NC[C@@H]2CN(C)C[C@@H]32)c1. The summed E-state index contributed by atoms with van der Waals surface area (Å²) >= 11 is 0. The highest BCUT2D eigenvalue weighted by Gasteiger charge is 2.36. The van der Waals surface area contributed by atoms with Gasteiger partial charge in [-0.25, -0.2) is 0 Å². The summed E-state index contributed by atoms with van der Waals surface area (Å²) in [6.45, 7) is 2.82. The fourth-order valence-electron chi connectivity index (χ4n) is 4.02. The maximum atomic E-state index is 12.6. The van der Waals surface area contributed by atoms with Gasteiger partial charge in [0.25, 0.3) is 5.91 Å². The number of likely N-dealkylation sites (tertiary alicyclic amines) is 1. The molecule has 1 saturated heterocycles. The van der Waals surface area contributed by atoms with Crippen LogP contribution in [0.15, 0.2) is 42.5 Å². The molecule has 2 aliphatic rings. The first-order valence-corrected chi connectivity index (χ1v) is 8.41. The van der Waals surface area contributed by atoms with Crippen molar-refractivity contribution in [2.24, 2.45) is 5.92 Å². The Morgan fingerprint density at radius 1 is 1.12 bits per heavy atom. The summed E-state index contributed by atoms with van der Waals surface area (Å²) in [7, 11) is 3.82. The van der Waals surface area contributed by atoms with E-state index in [1.54, 1.807) is 7.11 Å². The number of carbonyl (C=O) groups is 1. The van der Waals surface area contributed by atoms with Crippen LogP contribution in [0.1, 0.15) is 21.8 Å². The fraction of sp³-hybridized carbons (Fsp3) is 0.350. The quantitative estimate of drug-likeness (QED) is 0.924. The lowest BCUT2D eigenvalue weighted by atomic mass is 9.86. The number of methoxy groups -OCH3 is 1. The van der Waals surface area contributed by atoms with E-state index in [9.17, 15) is 4.79 Å². The normalized spacial score (nSPS) is 23.2. The van der Waals surface area contributed by atoms with Crippen molar-refractivity contribution < 1.29 is 9.53 Å². The summed E-state index contributed by atoms with van der Waals surface area (Å²) in [5.41, 5.74) is 4.12. The Balaban J connectivity index is 1.77. The number of nitrogens with zero attached hydrogens (tertiary/aromatic N) is 1. The summed E-state index contributed by atoms with van der Waals surface area (Å²) in [4.78, 5) is 14.9. The topological polar surface area (TPSA) is 41.6 Å². The van der Waals surface area contributed by atoms with Crippen molar-refractivity contribution in [2.75, 3.05) is 33.8 Å². The molecular formula is C20H22N2O2. The predicted octanol–water partition coefficient (Wildman–Crippen LogP) is 2.75. The van der Waals surface area contributed by atoms with Gasteiger partial charge in [-0.2, -0.15) is 0 Å². The van der Waals surface area contributed by atoms with Crippen LogP contribution in [0.5, 0.6) is 5.75 Å². The molecular weight excluding hydrogens is 300 g/mol. The zero-order valence-electron chi connectivity index (χ0n) is 14.1. The average Bonchev–Trinajstić information content (AvgIpc) is 2.94. The second-order valence-electron chi connectivity index (χ2n) is 6.83. The van der Waals surface area contributed by atoms with E-state index in [1.165, 1.54) is 5.56 Å². The van der Waals surface area contributed by atoms with Crippen molar-refractivity contribution in [3.63, 3.8) is 0 Å². The Bertz CT molecular complexity index is 787. The summed E-state index contributed by atoms with van der Waals surface area (Å²) < 4.78 is 5.31. The number of hydrogen-bond acceptors (Lipinski definition) is 3. The molecule has 1 N–H and O–H groups in total. The lowest BCUT2D eigenvalue weighted by Gasteiger charge is -2.17. The predicted molar refractivity (Wildman–Crippen MR) is 94.5 cm³/mol. The number of rotatable bonds is 2. The number of fused-ring (bicyclic) bond motifs is 3. The molecule has 0 unspecified atom stereocenters. The van der Waals surface area contributed by atoms with E-state index in [0.29, 0.717) is 11.8 Å². The molecule has 2 heterocycles. The Morgan fingerprint density at radius 3 is 2.79 bits per heavy atom. The number of amides is 1. The number of ether oxygens (including phenoxy) is 1. The van der Waals surface area contributed by atoms with Crippen LogP contribution in [0.25, 0.3) is 11.1 Å². The van der Waals surface area contributed by atoms with Crippen molar-refractivity contribution >= 4 is 5.91 Å². The summed E-state index contributed by atoms with van der Waals surface area (Å²) in [5.74, 6) is 1.81. The summed E-state index contributed by atoms with van der Waals surface area (Å²) in [5, 5.41) is 3.10. The smallest absolute Gasteiger partial charge is 0.251 e. The molecule has 124 valence electrons. The molecule has 1 amide bonds. The van der Waals surface area contributed by atoms with Gasteiger partial charge in [-0.05, 0) is 47.9 Å². The van der Waals surface area contributed by atoms with Crippen molar-refractivity contribution in [3.05, 3.63) is 53.6 Å². The fourth-order valence-corrected chi connectivity index (χ4v) is 4.02. The Hall–Kier alpha value is -2.33. The second kappa shape index (κ2) is 5.95. The first-order chi connectivity index (χ1) is 11.7. The van der Waals surface area contributed by atoms with Gasteiger partial charge in [-0.1, -0.05) is 24.3 Å². The minimum atomic E-state index is 0.0480. The molecule has 1 fully saturated rings. The lowest BCUT2D eigenvalue weighted by Crippen LogP contribution is -2.29. The third kappa shape index (κ3) is 2.57. The van der Waals surface area contributed by atoms with Gasteiger partial charge in [0.15, 0.2) is 0 Å². The maximum absolute atomic E-state index is 12.6. The van der Waals surface area contributed by atoms with Gasteiger partial charge in [-0.15, -0.1) is 0 Å². The summed E-state index contributed by atoms with van der Waals surface area (Å²) in [6, 6.07) is 14.3. The van der Waals surface area contributed by atoms with Crippen molar-refractivity contribution in [2.45, 2.75) is 5.92 Å². The molecule has 0 aliphatic carbocycles. The summed E-state index contributed by atoms with van der Waals surface area (Å²) in [6.07, 6.45) is 0. The first-order valence-electron chi connectivity index (χ1n) is 8.41. The molecule has 0 radical (unpaired) electrons. The van der Waals surface area contributed by atoms with Gasteiger partial charge >= 0.3 is 0 Å². The van der Waals surface area contributed by atoms with Crippen molar-refractivity contribution in [1.82, 2.24) is 10.2 Å². The van der Waals surface area contributed by atoms with Gasteiger partial charge in [0.05, 0.1) is 7.11 Å². The van der Waals surface area contributed by atoms with Crippen LogP contribution >= 0.6 is 0 Å². The Labute approximate surface area is 142 Å². The molecule has 2 aliphatic heterocycles. The standard InChI is InChI=1S/C20H22N2O2/c1-22-11-15-10-21-20(23)18-9-14(6-7-17(18)19(15)12-22)13-4-3-5-16(8-13)24-2/h3-9,15,19H,10-12H2,1-2H3,(H,21,23)/t15-,19-/m1/s1. The molecule has 2 atom stereocenters. The zero-order valence-corrected chi connectivity index (χ0v) is 14.1. The average molecular weight is 322 g/mol. The van der Waals surface area contributed by atoms with Gasteiger partial charge in [0.1, 0.15) is 5.75 Å². The highest BCUT2D eigenvalue weighted by molar-refractivity contribution is 5.97. The molecule has 4 heteroatoms. The van der Waals surface area contributed by atoms with E-state index >= 15 is 0 Å². The number of likely N-dealkylation sites (N-methyl/N-ethyl adjacent to an activating group) is 1.